The van der Waals surface area contributed by atoms with Crippen molar-refractivity contribution < 1.29 is 9.53 Å². The van der Waals surface area contributed by atoms with Gasteiger partial charge >= 0.3 is 0 Å². The summed E-state index contributed by atoms with van der Waals surface area (Å²) in [7, 11) is 1.74. The van der Waals surface area contributed by atoms with Crippen molar-refractivity contribution in [3.8, 4) is 5.75 Å². The number of para-hydroxylation sites is 1. The van der Waals surface area contributed by atoms with Gasteiger partial charge in [0.05, 0.1) is 5.02 Å². The van der Waals surface area contributed by atoms with Crippen LogP contribution in [-0.4, -0.2) is 24.0 Å². The number of hydrogen-bond acceptors (Lipinski definition) is 2. The SMILES string of the molecule is C[C@@H](Oc1ccccc1Cl)C(=O)N(C)Cc1ccc(Cl)cc1. The summed E-state index contributed by atoms with van der Waals surface area (Å²) in [6.07, 6.45) is -0.614. The Hall–Kier alpha value is -1.71. The fourth-order valence-corrected chi connectivity index (χ4v) is 2.34. The lowest BCUT2D eigenvalue weighted by Gasteiger charge is -2.22. The molecule has 0 fully saturated rings. The highest BCUT2D eigenvalue weighted by Crippen LogP contribution is 2.24. The molecule has 0 aromatic heterocycles. The molecular formula is C17H17Cl2NO2. The molecule has 1 amide bonds. The van der Waals surface area contributed by atoms with Crippen LogP contribution in [0.3, 0.4) is 0 Å². The van der Waals surface area contributed by atoms with Crippen LogP contribution in [0.4, 0.5) is 0 Å². The number of amides is 1. The van der Waals surface area contributed by atoms with Crippen molar-refractivity contribution in [3.05, 3.63) is 64.1 Å². The second-order valence-corrected chi connectivity index (χ2v) is 5.85. The Kier molecular flexibility index (Phi) is 5.69. The largest absolute Gasteiger partial charge is 0.479 e. The molecule has 22 heavy (non-hydrogen) atoms. The summed E-state index contributed by atoms with van der Waals surface area (Å²) in [5.41, 5.74) is 1.00. The van der Waals surface area contributed by atoms with Crippen LogP contribution >= 0.6 is 23.2 Å². The third kappa shape index (κ3) is 4.39. The van der Waals surface area contributed by atoms with E-state index in [9.17, 15) is 4.79 Å². The molecular weight excluding hydrogens is 321 g/mol. The minimum absolute atomic E-state index is 0.116. The van der Waals surface area contributed by atoms with Gasteiger partial charge in [0.25, 0.3) is 5.91 Å². The number of halogens is 2. The maximum absolute atomic E-state index is 12.4. The van der Waals surface area contributed by atoms with Gasteiger partial charge in [0.15, 0.2) is 6.10 Å². The molecule has 1 atom stereocenters. The standard InChI is InChI=1S/C17H17Cl2NO2/c1-12(22-16-6-4-3-5-15(16)19)17(21)20(2)11-13-7-9-14(18)10-8-13/h3-10,12H,11H2,1-2H3/t12-/m1/s1. The molecule has 0 heterocycles. The number of nitrogens with zero attached hydrogens (tertiary/aromatic N) is 1. The average molecular weight is 338 g/mol. The Balaban J connectivity index is 1.97. The summed E-state index contributed by atoms with van der Waals surface area (Å²) in [6, 6.07) is 14.5. The highest BCUT2D eigenvalue weighted by Gasteiger charge is 2.20. The molecule has 5 heteroatoms. The summed E-state index contributed by atoms with van der Waals surface area (Å²) in [4.78, 5) is 14.0. The lowest BCUT2D eigenvalue weighted by molar-refractivity contribution is -0.137. The molecule has 0 N–H and O–H groups in total. The number of carbonyl (C=O) groups excluding carboxylic acids is 1. The van der Waals surface area contributed by atoms with Crippen molar-refractivity contribution in [1.82, 2.24) is 4.90 Å². The highest BCUT2D eigenvalue weighted by atomic mass is 35.5. The second-order valence-electron chi connectivity index (χ2n) is 5.01. The molecule has 0 radical (unpaired) electrons. The lowest BCUT2D eigenvalue weighted by Crippen LogP contribution is -2.37. The van der Waals surface area contributed by atoms with Crippen molar-refractivity contribution >= 4 is 29.1 Å². The van der Waals surface area contributed by atoms with E-state index >= 15 is 0 Å². The van der Waals surface area contributed by atoms with Crippen LogP contribution in [0.2, 0.25) is 10.0 Å². The smallest absolute Gasteiger partial charge is 0.263 e. The van der Waals surface area contributed by atoms with E-state index in [4.69, 9.17) is 27.9 Å². The quantitative estimate of drug-likeness (QED) is 0.808. The predicted octanol–water partition coefficient (Wildman–Crippen LogP) is 4.42. The maximum Gasteiger partial charge on any atom is 0.263 e. The van der Waals surface area contributed by atoms with Gasteiger partial charge in [-0.05, 0) is 36.8 Å². The minimum Gasteiger partial charge on any atom is -0.479 e. The van der Waals surface area contributed by atoms with Gasteiger partial charge in [0.1, 0.15) is 5.75 Å². The first-order chi connectivity index (χ1) is 10.5. The Morgan fingerprint density at radius 3 is 2.41 bits per heavy atom. The zero-order valence-corrected chi connectivity index (χ0v) is 13.9. The normalized spacial score (nSPS) is 11.8. The molecule has 0 spiro atoms. The molecule has 0 saturated carbocycles. The molecule has 2 rings (SSSR count). The van der Waals surface area contributed by atoms with Crippen LogP contribution < -0.4 is 4.74 Å². The third-order valence-corrected chi connectivity index (χ3v) is 3.76. The second kappa shape index (κ2) is 7.52. The van der Waals surface area contributed by atoms with Crippen LogP contribution in [-0.2, 0) is 11.3 Å². The van der Waals surface area contributed by atoms with Gasteiger partial charge in [-0.15, -0.1) is 0 Å². The summed E-state index contributed by atoms with van der Waals surface area (Å²) >= 11 is 11.9. The Morgan fingerprint density at radius 2 is 1.77 bits per heavy atom. The lowest BCUT2D eigenvalue weighted by atomic mass is 10.2. The summed E-state index contributed by atoms with van der Waals surface area (Å²) in [5, 5.41) is 1.16. The van der Waals surface area contributed by atoms with Gasteiger partial charge in [-0.2, -0.15) is 0 Å². The van der Waals surface area contributed by atoms with Crippen molar-refractivity contribution in [3.63, 3.8) is 0 Å². The predicted molar refractivity (Wildman–Crippen MR) is 89.5 cm³/mol. The average Bonchev–Trinajstić information content (AvgIpc) is 2.51. The van der Waals surface area contributed by atoms with Crippen LogP contribution in [0.1, 0.15) is 12.5 Å². The van der Waals surface area contributed by atoms with Crippen molar-refractivity contribution in [2.45, 2.75) is 19.6 Å². The number of benzene rings is 2. The van der Waals surface area contributed by atoms with Gasteiger partial charge in [-0.3, -0.25) is 4.79 Å². The Morgan fingerprint density at radius 1 is 1.14 bits per heavy atom. The number of carbonyl (C=O) groups is 1. The molecule has 0 unspecified atom stereocenters. The van der Waals surface area contributed by atoms with E-state index in [0.29, 0.717) is 22.3 Å². The van der Waals surface area contributed by atoms with Crippen LogP contribution in [0, 0.1) is 0 Å². The summed E-state index contributed by atoms with van der Waals surface area (Å²) < 4.78 is 5.64. The van der Waals surface area contributed by atoms with E-state index in [0.717, 1.165) is 5.56 Å². The van der Waals surface area contributed by atoms with Gasteiger partial charge < -0.3 is 9.64 Å². The number of rotatable bonds is 5. The maximum atomic E-state index is 12.4. The molecule has 0 aliphatic carbocycles. The zero-order valence-electron chi connectivity index (χ0n) is 12.4. The first kappa shape index (κ1) is 16.7. The van der Waals surface area contributed by atoms with E-state index in [2.05, 4.69) is 0 Å². The van der Waals surface area contributed by atoms with E-state index in [1.807, 2.05) is 24.3 Å². The van der Waals surface area contributed by atoms with Crippen LogP contribution in [0.25, 0.3) is 0 Å². The molecule has 0 aliphatic rings. The first-order valence-corrected chi connectivity index (χ1v) is 7.63. The fraction of sp³-hybridized carbons (Fsp3) is 0.235. The third-order valence-electron chi connectivity index (χ3n) is 3.20. The monoisotopic (exact) mass is 337 g/mol. The Labute approximate surface area is 140 Å². The molecule has 116 valence electrons. The fourth-order valence-electron chi connectivity index (χ4n) is 2.03. The van der Waals surface area contributed by atoms with Crippen molar-refractivity contribution in [1.29, 1.82) is 0 Å². The number of ether oxygens (including phenoxy) is 1. The molecule has 3 nitrogen and oxygen atoms in total. The summed E-state index contributed by atoms with van der Waals surface area (Å²) in [6.45, 7) is 2.20. The first-order valence-electron chi connectivity index (χ1n) is 6.88. The van der Waals surface area contributed by atoms with Gasteiger partial charge in [-0.25, -0.2) is 0 Å². The van der Waals surface area contributed by atoms with Gasteiger partial charge in [0, 0.05) is 18.6 Å². The number of hydrogen-bond donors (Lipinski definition) is 0. The molecule has 2 aromatic carbocycles. The van der Waals surface area contributed by atoms with Crippen molar-refractivity contribution in [2.24, 2.45) is 0 Å². The van der Waals surface area contributed by atoms with Crippen LogP contribution in [0.5, 0.6) is 5.75 Å². The highest BCUT2D eigenvalue weighted by molar-refractivity contribution is 6.32. The summed E-state index contributed by atoms with van der Waals surface area (Å²) in [5.74, 6) is 0.389. The van der Waals surface area contributed by atoms with Crippen LogP contribution in [0.15, 0.2) is 48.5 Å². The molecule has 0 aliphatic heterocycles. The van der Waals surface area contributed by atoms with Crippen molar-refractivity contribution in [2.75, 3.05) is 7.05 Å². The topological polar surface area (TPSA) is 29.5 Å². The molecule has 0 saturated heterocycles. The zero-order chi connectivity index (χ0) is 16.1. The molecule has 0 bridgehead atoms. The van der Waals surface area contributed by atoms with Gasteiger partial charge in [0.2, 0.25) is 0 Å². The minimum atomic E-state index is -0.614. The van der Waals surface area contributed by atoms with E-state index < -0.39 is 6.10 Å². The van der Waals surface area contributed by atoms with E-state index in [1.165, 1.54) is 0 Å². The van der Waals surface area contributed by atoms with Gasteiger partial charge in [-0.1, -0.05) is 47.5 Å². The number of likely N-dealkylation sites (N-methyl/N-ethyl adjacent to an activating group) is 1. The van der Waals surface area contributed by atoms with E-state index in [-0.39, 0.29) is 5.91 Å². The van der Waals surface area contributed by atoms with E-state index in [1.54, 1.807) is 43.1 Å². The molecule has 2 aromatic rings. The Bertz CT molecular complexity index is 643.